The minimum Gasteiger partial charge on any atom is -0.489 e. The molecule has 0 amide bonds. The van der Waals surface area contributed by atoms with Crippen molar-refractivity contribution < 1.29 is 4.74 Å². The van der Waals surface area contributed by atoms with E-state index in [-0.39, 0.29) is 6.10 Å². The van der Waals surface area contributed by atoms with Crippen molar-refractivity contribution in [3.8, 4) is 5.75 Å². The topological polar surface area (TPSA) is 22.1 Å². The van der Waals surface area contributed by atoms with Gasteiger partial charge in [-0.2, -0.15) is 0 Å². The van der Waals surface area contributed by atoms with E-state index in [0.29, 0.717) is 5.88 Å². The smallest absolute Gasteiger partial charge is 0.142 e. The first-order valence-corrected chi connectivity index (χ1v) is 4.96. The van der Waals surface area contributed by atoms with E-state index < -0.39 is 0 Å². The molecule has 0 fully saturated rings. The van der Waals surface area contributed by atoms with E-state index in [9.17, 15) is 0 Å². The molecule has 1 atom stereocenters. The molecular formula is C10H14ClNO. The van der Waals surface area contributed by atoms with E-state index in [1.807, 2.05) is 13.0 Å². The van der Waals surface area contributed by atoms with E-state index in [1.54, 1.807) is 12.4 Å². The molecule has 2 nitrogen and oxygen atoms in total. The predicted octanol–water partition coefficient (Wildman–Crippen LogP) is 3.00. The number of hydrogen-bond donors (Lipinski definition) is 0. The summed E-state index contributed by atoms with van der Waals surface area (Å²) in [5.74, 6) is 1.26. The summed E-state index contributed by atoms with van der Waals surface area (Å²) in [4.78, 5) is 4.00. The van der Waals surface area contributed by atoms with Crippen molar-refractivity contribution in [1.29, 1.82) is 0 Å². The van der Waals surface area contributed by atoms with Crippen LogP contribution in [0.1, 0.15) is 25.8 Å². The molecule has 0 saturated heterocycles. The minimum atomic E-state index is 0.214. The molecule has 1 heterocycles. The zero-order valence-corrected chi connectivity index (χ0v) is 8.71. The van der Waals surface area contributed by atoms with Crippen molar-refractivity contribution in [3.05, 3.63) is 24.0 Å². The number of nitrogens with zero attached hydrogens (tertiary/aromatic N) is 1. The highest BCUT2D eigenvalue weighted by atomic mass is 35.5. The zero-order chi connectivity index (χ0) is 9.68. The lowest BCUT2D eigenvalue weighted by Crippen LogP contribution is -2.10. The Morgan fingerprint density at radius 3 is 3.00 bits per heavy atom. The fourth-order valence-electron chi connectivity index (χ4n) is 0.925. The number of pyridine rings is 1. The average Bonchev–Trinajstić information content (AvgIpc) is 2.18. The van der Waals surface area contributed by atoms with Crippen LogP contribution in [0.5, 0.6) is 5.75 Å². The minimum absolute atomic E-state index is 0.214. The molecule has 1 unspecified atom stereocenters. The number of ether oxygens (including phenoxy) is 1. The summed E-state index contributed by atoms with van der Waals surface area (Å²) < 4.78 is 5.64. The van der Waals surface area contributed by atoms with Gasteiger partial charge in [0, 0.05) is 11.8 Å². The SMILES string of the molecule is CCC(C)Oc1cnccc1CCl. The lowest BCUT2D eigenvalue weighted by Gasteiger charge is -2.14. The predicted molar refractivity (Wildman–Crippen MR) is 54.2 cm³/mol. The molecule has 0 aromatic carbocycles. The number of alkyl halides is 1. The second-order valence-corrected chi connectivity index (χ2v) is 3.22. The molecule has 13 heavy (non-hydrogen) atoms. The van der Waals surface area contributed by atoms with Gasteiger partial charge in [-0.25, -0.2) is 0 Å². The Morgan fingerprint density at radius 1 is 1.62 bits per heavy atom. The van der Waals surface area contributed by atoms with Crippen LogP contribution < -0.4 is 4.74 Å². The Labute approximate surface area is 83.9 Å². The van der Waals surface area contributed by atoms with Crippen molar-refractivity contribution in [2.75, 3.05) is 0 Å². The van der Waals surface area contributed by atoms with Crippen LogP contribution in [-0.4, -0.2) is 11.1 Å². The van der Waals surface area contributed by atoms with Gasteiger partial charge in [0.1, 0.15) is 5.75 Å². The van der Waals surface area contributed by atoms with Crippen molar-refractivity contribution in [1.82, 2.24) is 4.98 Å². The van der Waals surface area contributed by atoms with Crippen LogP contribution in [0.25, 0.3) is 0 Å². The molecule has 1 aromatic heterocycles. The molecular weight excluding hydrogens is 186 g/mol. The maximum atomic E-state index is 5.75. The van der Waals surface area contributed by atoms with Gasteiger partial charge in [-0.3, -0.25) is 4.98 Å². The number of hydrogen-bond acceptors (Lipinski definition) is 2. The molecule has 0 bridgehead atoms. The van der Waals surface area contributed by atoms with Crippen LogP contribution in [0.15, 0.2) is 18.5 Å². The summed E-state index contributed by atoms with van der Waals surface area (Å²) in [5.41, 5.74) is 0.997. The van der Waals surface area contributed by atoms with E-state index in [0.717, 1.165) is 17.7 Å². The molecule has 1 rings (SSSR count). The Kier molecular flexibility index (Phi) is 4.03. The fraction of sp³-hybridized carbons (Fsp3) is 0.500. The summed E-state index contributed by atoms with van der Waals surface area (Å²) in [6.07, 6.45) is 4.63. The van der Waals surface area contributed by atoms with E-state index in [2.05, 4.69) is 11.9 Å². The van der Waals surface area contributed by atoms with Crippen LogP contribution in [0, 0.1) is 0 Å². The normalized spacial score (nSPS) is 12.5. The standard InChI is InChI=1S/C10H14ClNO/c1-3-8(2)13-10-7-12-5-4-9(10)6-11/h4-5,7-8H,3,6H2,1-2H3. The quantitative estimate of drug-likeness (QED) is 0.696. The Morgan fingerprint density at radius 2 is 2.38 bits per heavy atom. The summed E-state index contributed by atoms with van der Waals surface area (Å²) >= 11 is 5.75. The number of aromatic nitrogens is 1. The molecule has 3 heteroatoms. The third-order valence-corrected chi connectivity index (χ3v) is 2.21. The fourth-order valence-corrected chi connectivity index (χ4v) is 1.15. The third kappa shape index (κ3) is 2.88. The first-order chi connectivity index (χ1) is 6.27. The first-order valence-electron chi connectivity index (χ1n) is 4.43. The highest BCUT2D eigenvalue weighted by molar-refractivity contribution is 6.17. The highest BCUT2D eigenvalue weighted by Gasteiger charge is 2.05. The molecule has 72 valence electrons. The largest absolute Gasteiger partial charge is 0.489 e. The van der Waals surface area contributed by atoms with E-state index in [4.69, 9.17) is 16.3 Å². The zero-order valence-electron chi connectivity index (χ0n) is 7.96. The monoisotopic (exact) mass is 199 g/mol. The first kappa shape index (κ1) is 10.3. The van der Waals surface area contributed by atoms with Crippen molar-refractivity contribution in [2.24, 2.45) is 0 Å². The Bertz CT molecular complexity index is 265. The van der Waals surface area contributed by atoms with Crippen LogP contribution in [0.2, 0.25) is 0 Å². The number of rotatable bonds is 4. The van der Waals surface area contributed by atoms with Crippen molar-refractivity contribution in [3.63, 3.8) is 0 Å². The average molecular weight is 200 g/mol. The molecule has 0 aliphatic carbocycles. The van der Waals surface area contributed by atoms with Crippen LogP contribution in [-0.2, 0) is 5.88 Å². The molecule has 0 spiro atoms. The molecule has 1 aromatic rings. The van der Waals surface area contributed by atoms with Gasteiger partial charge >= 0.3 is 0 Å². The maximum Gasteiger partial charge on any atom is 0.142 e. The lowest BCUT2D eigenvalue weighted by molar-refractivity contribution is 0.215. The lowest BCUT2D eigenvalue weighted by atomic mass is 10.2. The van der Waals surface area contributed by atoms with Crippen molar-refractivity contribution >= 4 is 11.6 Å². The third-order valence-electron chi connectivity index (χ3n) is 1.92. The molecule has 0 saturated carbocycles. The molecule has 0 aliphatic heterocycles. The van der Waals surface area contributed by atoms with Crippen LogP contribution in [0.4, 0.5) is 0 Å². The second kappa shape index (κ2) is 5.07. The summed E-state index contributed by atoms with van der Waals surface area (Å²) in [6.45, 7) is 4.12. The van der Waals surface area contributed by atoms with Gasteiger partial charge in [0.2, 0.25) is 0 Å². The van der Waals surface area contributed by atoms with Gasteiger partial charge in [-0.15, -0.1) is 11.6 Å². The Balaban J connectivity index is 2.74. The van der Waals surface area contributed by atoms with Gasteiger partial charge in [-0.05, 0) is 19.4 Å². The molecule has 0 radical (unpaired) electrons. The van der Waals surface area contributed by atoms with Crippen molar-refractivity contribution in [2.45, 2.75) is 32.3 Å². The van der Waals surface area contributed by atoms with Gasteiger partial charge in [0.15, 0.2) is 0 Å². The second-order valence-electron chi connectivity index (χ2n) is 2.95. The highest BCUT2D eigenvalue weighted by Crippen LogP contribution is 2.20. The summed E-state index contributed by atoms with van der Waals surface area (Å²) in [7, 11) is 0. The maximum absolute atomic E-state index is 5.75. The molecule has 0 aliphatic rings. The summed E-state index contributed by atoms with van der Waals surface area (Å²) in [6, 6.07) is 1.88. The van der Waals surface area contributed by atoms with Gasteiger partial charge < -0.3 is 4.74 Å². The van der Waals surface area contributed by atoms with E-state index >= 15 is 0 Å². The molecule has 0 N–H and O–H groups in total. The summed E-state index contributed by atoms with van der Waals surface area (Å²) in [5, 5.41) is 0. The van der Waals surface area contributed by atoms with Gasteiger partial charge in [0.05, 0.1) is 18.2 Å². The van der Waals surface area contributed by atoms with Crippen LogP contribution in [0.3, 0.4) is 0 Å². The number of halogens is 1. The van der Waals surface area contributed by atoms with Crippen LogP contribution >= 0.6 is 11.6 Å². The van der Waals surface area contributed by atoms with Gasteiger partial charge in [0.25, 0.3) is 0 Å². The Hall–Kier alpha value is -0.760. The van der Waals surface area contributed by atoms with Gasteiger partial charge in [-0.1, -0.05) is 6.92 Å². The van der Waals surface area contributed by atoms with E-state index in [1.165, 1.54) is 0 Å².